The predicted octanol–water partition coefficient (Wildman–Crippen LogP) is 3.88. The first-order valence-electron chi connectivity index (χ1n) is 7.85. The molecule has 0 heterocycles. The van der Waals surface area contributed by atoms with Gasteiger partial charge in [-0.3, -0.25) is 4.79 Å². The van der Waals surface area contributed by atoms with E-state index in [9.17, 15) is 4.79 Å². The standard InChI is InChI=1S/C19H23NO3/c1-3-15-5-8-17(9-6-15)22-11-4-12-23-19-10-7-16(14(2)21)13-18(19)20/h5-10,13H,3-4,11-12,20H2,1-2H3. The molecule has 0 atom stereocenters. The van der Waals surface area contributed by atoms with Crippen LogP contribution in [0.4, 0.5) is 5.69 Å². The van der Waals surface area contributed by atoms with E-state index in [-0.39, 0.29) is 5.78 Å². The Morgan fingerprint density at radius 1 is 1.04 bits per heavy atom. The number of nitrogen functional groups attached to an aromatic ring is 1. The van der Waals surface area contributed by atoms with Crippen molar-refractivity contribution >= 4 is 11.5 Å². The van der Waals surface area contributed by atoms with Crippen LogP contribution in [0.1, 0.15) is 36.2 Å². The Morgan fingerprint density at radius 3 is 2.35 bits per heavy atom. The topological polar surface area (TPSA) is 61.5 Å². The lowest BCUT2D eigenvalue weighted by atomic mass is 10.1. The number of aryl methyl sites for hydroxylation is 1. The highest BCUT2D eigenvalue weighted by Gasteiger charge is 2.05. The maximum absolute atomic E-state index is 11.3. The van der Waals surface area contributed by atoms with E-state index in [4.69, 9.17) is 15.2 Å². The molecule has 0 amide bonds. The number of hydrogen-bond donors (Lipinski definition) is 1. The molecule has 0 aliphatic carbocycles. The van der Waals surface area contributed by atoms with Gasteiger partial charge in [-0.2, -0.15) is 0 Å². The summed E-state index contributed by atoms with van der Waals surface area (Å²) in [7, 11) is 0. The van der Waals surface area contributed by atoms with Gasteiger partial charge < -0.3 is 15.2 Å². The highest BCUT2D eigenvalue weighted by Crippen LogP contribution is 2.23. The van der Waals surface area contributed by atoms with E-state index in [1.54, 1.807) is 18.2 Å². The first-order valence-corrected chi connectivity index (χ1v) is 7.85. The smallest absolute Gasteiger partial charge is 0.159 e. The zero-order valence-electron chi connectivity index (χ0n) is 13.7. The fraction of sp³-hybridized carbons (Fsp3) is 0.316. The lowest BCUT2D eigenvalue weighted by Crippen LogP contribution is -2.06. The second-order valence-electron chi connectivity index (χ2n) is 5.36. The predicted molar refractivity (Wildman–Crippen MR) is 92.3 cm³/mol. The highest BCUT2D eigenvalue weighted by atomic mass is 16.5. The van der Waals surface area contributed by atoms with Gasteiger partial charge in [0, 0.05) is 12.0 Å². The van der Waals surface area contributed by atoms with Gasteiger partial charge in [0.15, 0.2) is 5.78 Å². The van der Waals surface area contributed by atoms with Crippen molar-refractivity contribution in [1.29, 1.82) is 0 Å². The summed E-state index contributed by atoms with van der Waals surface area (Å²) >= 11 is 0. The number of Topliss-reactive ketones (excluding diaryl/α,β-unsaturated/α-hetero) is 1. The van der Waals surface area contributed by atoms with Crippen molar-refractivity contribution in [3.63, 3.8) is 0 Å². The van der Waals surface area contributed by atoms with E-state index in [1.165, 1.54) is 12.5 Å². The summed E-state index contributed by atoms with van der Waals surface area (Å²) < 4.78 is 11.3. The van der Waals surface area contributed by atoms with Crippen LogP contribution in [0.15, 0.2) is 42.5 Å². The van der Waals surface area contributed by atoms with Gasteiger partial charge >= 0.3 is 0 Å². The van der Waals surface area contributed by atoms with Gasteiger partial charge in [-0.15, -0.1) is 0 Å². The summed E-state index contributed by atoms with van der Waals surface area (Å²) in [5.74, 6) is 1.46. The third kappa shape index (κ3) is 5.02. The molecule has 0 aromatic heterocycles. The molecule has 0 fully saturated rings. The van der Waals surface area contributed by atoms with E-state index in [2.05, 4.69) is 19.1 Å². The Kier molecular flexibility index (Phi) is 6.03. The first kappa shape index (κ1) is 16.9. The number of ether oxygens (including phenoxy) is 2. The van der Waals surface area contributed by atoms with Gasteiger partial charge in [0.2, 0.25) is 0 Å². The van der Waals surface area contributed by atoms with Crippen molar-refractivity contribution in [2.75, 3.05) is 18.9 Å². The van der Waals surface area contributed by atoms with Crippen molar-refractivity contribution in [2.45, 2.75) is 26.7 Å². The van der Waals surface area contributed by atoms with E-state index in [1.807, 2.05) is 12.1 Å². The number of benzene rings is 2. The van der Waals surface area contributed by atoms with Crippen LogP contribution >= 0.6 is 0 Å². The molecule has 0 saturated carbocycles. The summed E-state index contributed by atoms with van der Waals surface area (Å²) in [6.07, 6.45) is 1.78. The molecule has 0 aliphatic heterocycles. The van der Waals surface area contributed by atoms with Gasteiger partial charge in [-0.25, -0.2) is 0 Å². The zero-order valence-corrected chi connectivity index (χ0v) is 13.7. The summed E-state index contributed by atoms with van der Waals surface area (Å²) in [6, 6.07) is 13.2. The number of anilines is 1. The molecule has 4 nitrogen and oxygen atoms in total. The van der Waals surface area contributed by atoms with Crippen molar-refractivity contribution in [3.05, 3.63) is 53.6 Å². The van der Waals surface area contributed by atoms with Crippen LogP contribution in [0.25, 0.3) is 0 Å². The molecule has 122 valence electrons. The quantitative estimate of drug-likeness (QED) is 0.456. The van der Waals surface area contributed by atoms with Gasteiger partial charge in [0.05, 0.1) is 18.9 Å². The van der Waals surface area contributed by atoms with Crippen molar-refractivity contribution in [1.82, 2.24) is 0 Å². The van der Waals surface area contributed by atoms with Gasteiger partial charge in [0.1, 0.15) is 11.5 Å². The minimum absolute atomic E-state index is 0.00857. The fourth-order valence-electron chi connectivity index (χ4n) is 2.15. The number of ketones is 1. The Balaban J connectivity index is 1.73. The Labute approximate surface area is 137 Å². The van der Waals surface area contributed by atoms with Crippen molar-refractivity contribution < 1.29 is 14.3 Å². The molecule has 0 aliphatic rings. The highest BCUT2D eigenvalue weighted by molar-refractivity contribution is 5.95. The molecule has 2 rings (SSSR count). The molecule has 2 aromatic rings. The molecule has 0 bridgehead atoms. The Hall–Kier alpha value is -2.49. The third-order valence-corrected chi connectivity index (χ3v) is 3.56. The monoisotopic (exact) mass is 313 g/mol. The minimum atomic E-state index is -0.00857. The second kappa shape index (κ2) is 8.22. The maximum Gasteiger partial charge on any atom is 0.159 e. The first-order chi connectivity index (χ1) is 11.1. The molecule has 2 N–H and O–H groups in total. The van der Waals surface area contributed by atoms with Gasteiger partial charge in [0.25, 0.3) is 0 Å². The molecule has 23 heavy (non-hydrogen) atoms. The van der Waals surface area contributed by atoms with E-state index >= 15 is 0 Å². The molecular formula is C19H23NO3. The van der Waals surface area contributed by atoms with Crippen molar-refractivity contribution in [3.8, 4) is 11.5 Å². The van der Waals surface area contributed by atoms with E-state index in [0.717, 1.165) is 18.6 Å². The molecular weight excluding hydrogens is 290 g/mol. The lowest BCUT2D eigenvalue weighted by Gasteiger charge is -2.10. The Bertz CT molecular complexity index is 650. The normalized spacial score (nSPS) is 10.3. The molecule has 0 radical (unpaired) electrons. The number of rotatable bonds is 8. The molecule has 2 aromatic carbocycles. The van der Waals surface area contributed by atoms with Crippen LogP contribution in [0.3, 0.4) is 0 Å². The van der Waals surface area contributed by atoms with Gasteiger partial charge in [-0.1, -0.05) is 19.1 Å². The van der Waals surface area contributed by atoms with E-state index < -0.39 is 0 Å². The summed E-state index contributed by atoms with van der Waals surface area (Å²) in [5.41, 5.74) is 8.25. The van der Waals surface area contributed by atoms with Gasteiger partial charge in [-0.05, 0) is 49.2 Å². The fourth-order valence-corrected chi connectivity index (χ4v) is 2.15. The maximum atomic E-state index is 11.3. The van der Waals surface area contributed by atoms with Crippen LogP contribution < -0.4 is 15.2 Å². The van der Waals surface area contributed by atoms with E-state index in [0.29, 0.717) is 30.2 Å². The van der Waals surface area contributed by atoms with Crippen molar-refractivity contribution in [2.24, 2.45) is 0 Å². The average molecular weight is 313 g/mol. The van der Waals surface area contributed by atoms with Crippen LogP contribution in [0.5, 0.6) is 11.5 Å². The summed E-state index contributed by atoms with van der Waals surface area (Å²) in [5, 5.41) is 0. The lowest BCUT2D eigenvalue weighted by molar-refractivity contribution is 0.101. The SMILES string of the molecule is CCc1ccc(OCCCOc2ccc(C(C)=O)cc2N)cc1. The average Bonchev–Trinajstić information content (AvgIpc) is 2.56. The zero-order chi connectivity index (χ0) is 16.7. The Morgan fingerprint density at radius 2 is 1.74 bits per heavy atom. The number of nitrogens with two attached hydrogens (primary N) is 1. The third-order valence-electron chi connectivity index (χ3n) is 3.56. The molecule has 0 saturated heterocycles. The molecule has 0 unspecified atom stereocenters. The van der Waals surface area contributed by atoms with Crippen LogP contribution in [-0.2, 0) is 6.42 Å². The number of carbonyl (C=O) groups excluding carboxylic acids is 1. The van der Waals surface area contributed by atoms with Crippen LogP contribution in [-0.4, -0.2) is 19.0 Å². The summed E-state index contributed by atoms with van der Waals surface area (Å²) in [4.78, 5) is 11.3. The van der Waals surface area contributed by atoms with Crippen LogP contribution in [0, 0.1) is 0 Å². The summed E-state index contributed by atoms with van der Waals surface area (Å²) in [6.45, 7) is 4.73. The molecule has 0 spiro atoms. The second-order valence-corrected chi connectivity index (χ2v) is 5.36. The largest absolute Gasteiger partial charge is 0.493 e. The van der Waals surface area contributed by atoms with Crippen LogP contribution in [0.2, 0.25) is 0 Å². The number of hydrogen-bond acceptors (Lipinski definition) is 4. The number of carbonyl (C=O) groups is 1. The molecule has 4 heteroatoms. The minimum Gasteiger partial charge on any atom is -0.493 e.